The number of ether oxygens (including phenoxy) is 1. The molecule has 0 spiro atoms. The second-order valence-electron chi connectivity index (χ2n) is 7.09. The molecule has 134 valence electrons. The first-order chi connectivity index (χ1) is 12.2. The average Bonchev–Trinajstić information content (AvgIpc) is 2.65. The summed E-state index contributed by atoms with van der Waals surface area (Å²) in [6.45, 7) is 4.96. The predicted molar refractivity (Wildman–Crippen MR) is 104 cm³/mol. The number of piperidine rings is 1. The van der Waals surface area contributed by atoms with Crippen LogP contribution < -0.4 is 10.5 Å². The molecule has 2 N–H and O–H groups in total. The summed E-state index contributed by atoms with van der Waals surface area (Å²) in [5, 5.41) is 0. The fourth-order valence-corrected chi connectivity index (χ4v) is 4.13. The van der Waals surface area contributed by atoms with Gasteiger partial charge in [-0.2, -0.15) is 0 Å². The summed E-state index contributed by atoms with van der Waals surface area (Å²) in [5.41, 5.74) is 10.2. The molecule has 1 saturated heterocycles. The summed E-state index contributed by atoms with van der Waals surface area (Å²) in [4.78, 5) is 2.63. The van der Waals surface area contributed by atoms with Crippen molar-refractivity contribution >= 4 is 0 Å². The largest absolute Gasteiger partial charge is 0.496 e. The molecule has 2 unspecified atom stereocenters. The standard InChI is InChI=1S/C22H30N2O/c1-17-14-19(11-12-22(17)25-2)20(15-23)21-10-6-7-13-24(21)16-18-8-4-3-5-9-18/h3-5,8-9,11-12,14,20-21H,6-7,10,13,15-16,23H2,1-2H3. The van der Waals surface area contributed by atoms with Gasteiger partial charge < -0.3 is 10.5 Å². The molecule has 3 nitrogen and oxygen atoms in total. The Labute approximate surface area is 151 Å². The molecule has 2 aromatic rings. The number of aryl methyl sites for hydroxylation is 1. The van der Waals surface area contributed by atoms with Crippen molar-refractivity contribution in [1.82, 2.24) is 4.90 Å². The van der Waals surface area contributed by atoms with Crippen molar-refractivity contribution in [2.45, 2.75) is 44.7 Å². The topological polar surface area (TPSA) is 38.5 Å². The first-order valence-corrected chi connectivity index (χ1v) is 9.35. The maximum absolute atomic E-state index is 6.25. The zero-order valence-corrected chi connectivity index (χ0v) is 15.4. The lowest BCUT2D eigenvalue weighted by molar-refractivity contribution is 0.119. The van der Waals surface area contributed by atoms with Crippen molar-refractivity contribution in [3.8, 4) is 5.75 Å². The van der Waals surface area contributed by atoms with Crippen molar-refractivity contribution in [3.05, 3.63) is 65.2 Å². The van der Waals surface area contributed by atoms with Crippen LogP contribution in [0.1, 0.15) is 41.9 Å². The van der Waals surface area contributed by atoms with Crippen molar-refractivity contribution in [3.63, 3.8) is 0 Å². The van der Waals surface area contributed by atoms with Gasteiger partial charge >= 0.3 is 0 Å². The fourth-order valence-electron chi connectivity index (χ4n) is 4.13. The maximum atomic E-state index is 6.25. The first kappa shape index (κ1) is 18.0. The fraction of sp³-hybridized carbons (Fsp3) is 0.455. The van der Waals surface area contributed by atoms with Crippen molar-refractivity contribution < 1.29 is 4.74 Å². The summed E-state index contributed by atoms with van der Waals surface area (Å²) >= 11 is 0. The zero-order chi connectivity index (χ0) is 17.6. The van der Waals surface area contributed by atoms with Crippen LogP contribution in [0.25, 0.3) is 0 Å². The Morgan fingerprint density at radius 1 is 1.16 bits per heavy atom. The van der Waals surface area contributed by atoms with Crippen LogP contribution in [0, 0.1) is 6.92 Å². The molecule has 3 rings (SSSR count). The van der Waals surface area contributed by atoms with Crippen molar-refractivity contribution in [2.75, 3.05) is 20.2 Å². The Balaban J connectivity index is 1.82. The number of rotatable bonds is 6. The number of hydrogen-bond acceptors (Lipinski definition) is 3. The molecule has 0 bridgehead atoms. The molecule has 2 atom stereocenters. The van der Waals surface area contributed by atoms with Gasteiger partial charge in [-0.15, -0.1) is 0 Å². The zero-order valence-electron chi connectivity index (χ0n) is 15.4. The normalized spacial score (nSPS) is 19.6. The van der Waals surface area contributed by atoms with E-state index in [0.717, 1.165) is 18.8 Å². The maximum Gasteiger partial charge on any atom is 0.121 e. The van der Waals surface area contributed by atoms with E-state index in [0.29, 0.717) is 18.5 Å². The SMILES string of the molecule is COc1ccc(C(CN)C2CCCCN2Cc2ccccc2)cc1C. The van der Waals surface area contributed by atoms with E-state index >= 15 is 0 Å². The van der Waals surface area contributed by atoms with Crippen LogP contribution in [0.4, 0.5) is 0 Å². The molecule has 0 aliphatic carbocycles. The van der Waals surface area contributed by atoms with Gasteiger partial charge in [-0.3, -0.25) is 4.90 Å². The van der Waals surface area contributed by atoms with Gasteiger partial charge in [0, 0.05) is 25.0 Å². The Kier molecular flexibility index (Phi) is 6.11. The number of nitrogens with two attached hydrogens (primary N) is 1. The summed E-state index contributed by atoms with van der Waals surface area (Å²) in [6, 6.07) is 17.8. The highest BCUT2D eigenvalue weighted by Gasteiger charge is 2.30. The van der Waals surface area contributed by atoms with Gasteiger partial charge in [-0.25, -0.2) is 0 Å². The Morgan fingerprint density at radius 2 is 1.96 bits per heavy atom. The molecular weight excluding hydrogens is 308 g/mol. The predicted octanol–water partition coefficient (Wildman–Crippen LogP) is 4.10. The molecule has 1 heterocycles. The van der Waals surface area contributed by atoms with Gasteiger partial charge in [0.1, 0.15) is 5.75 Å². The number of methoxy groups -OCH3 is 1. The molecule has 0 saturated carbocycles. The van der Waals surface area contributed by atoms with Gasteiger partial charge in [0.15, 0.2) is 0 Å². The van der Waals surface area contributed by atoms with Crippen LogP contribution in [0.15, 0.2) is 48.5 Å². The molecule has 25 heavy (non-hydrogen) atoms. The van der Waals surface area contributed by atoms with E-state index in [1.54, 1.807) is 7.11 Å². The number of benzene rings is 2. The van der Waals surface area contributed by atoms with Crippen LogP contribution >= 0.6 is 0 Å². The third-order valence-corrected chi connectivity index (χ3v) is 5.46. The van der Waals surface area contributed by atoms with Gasteiger partial charge in [0.2, 0.25) is 0 Å². The molecule has 2 aromatic carbocycles. The number of nitrogens with zero attached hydrogens (tertiary/aromatic N) is 1. The van der Waals surface area contributed by atoms with E-state index < -0.39 is 0 Å². The lowest BCUT2D eigenvalue weighted by atomic mass is 9.84. The van der Waals surface area contributed by atoms with Crippen LogP contribution in [-0.2, 0) is 6.54 Å². The van der Waals surface area contributed by atoms with Crippen LogP contribution in [-0.4, -0.2) is 31.1 Å². The summed E-state index contributed by atoms with van der Waals surface area (Å²) in [5.74, 6) is 1.32. The van der Waals surface area contributed by atoms with E-state index in [-0.39, 0.29) is 0 Å². The third kappa shape index (κ3) is 4.23. The van der Waals surface area contributed by atoms with Crippen molar-refractivity contribution in [1.29, 1.82) is 0 Å². The Hall–Kier alpha value is -1.84. The lowest BCUT2D eigenvalue weighted by Gasteiger charge is -2.40. The second kappa shape index (κ2) is 8.50. The lowest BCUT2D eigenvalue weighted by Crippen LogP contribution is -2.44. The third-order valence-electron chi connectivity index (χ3n) is 5.46. The van der Waals surface area contributed by atoms with Gasteiger partial charge in [-0.05, 0) is 49.1 Å². The smallest absolute Gasteiger partial charge is 0.121 e. The quantitative estimate of drug-likeness (QED) is 0.862. The van der Waals surface area contributed by atoms with Crippen LogP contribution in [0.2, 0.25) is 0 Å². The molecule has 1 aliphatic rings. The van der Waals surface area contributed by atoms with E-state index in [1.165, 1.54) is 36.0 Å². The molecular formula is C22H30N2O. The molecule has 1 fully saturated rings. The van der Waals surface area contributed by atoms with Crippen LogP contribution in [0.3, 0.4) is 0 Å². The molecule has 0 radical (unpaired) electrons. The van der Waals surface area contributed by atoms with E-state index in [4.69, 9.17) is 10.5 Å². The van der Waals surface area contributed by atoms with Crippen molar-refractivity contribution in [2.24, 2.45) is 5.73 Å². The highest BCUT2D eigenvalue weighted by Crippen LogP contribution is 2.33. The Morgan fingerprint density at radius 3 is 2.64 bits per heavy atom. The van der Waals surface area contributed by atoms with E-state index in [1.807, 2.05) is 0 Å². The average molecular weight is 338 g/mol. The highest BCUT2D eigenvalue weighted by atomic mass is 16.5. The second-order valence-corrected chi connectivity index (χ2v) is 7.09. The first-order valence-electron chi connectivity index (χ1n) is 9.35. The monoisotopic (exact) mass is 338 g/mol. The van der Waals surface area contributed by atoms with Gasteiger partial charge in [-0.1, -0.05) is 48.9 Å². The molecule has 0 aromatic heterocycles. The molecule has 0 amide bonds. The Bertz CT molecular complexity index is 671. The molecule has 3 heteroatoms. The summed E-state index contributed by atoms with van der Waals surface area (Å²) in [6.07, 6.45) is 3.80. The number of hydrogen-bond donors (Lipinski definition) is 1. The minimum atomic E-state index is 0.369. The van der Waals surface area contributed by atoms with E-state index in [2.05, 4.69) is 60.4 Å². The number of likely N-dealkylation sites (tertiary alicyclic amines) is 1. The van der Waals surface area contributed by atoms with Gasteiger partial charge in [0.05, 0.1) is 7.11 Å². The van der Waals surface area contributed by atoms with Crippen LogP contribution in [0.5, 0.6) is 5.75 Å². The summed E-state index contributed by atoms with van der Waals surface area (Å²) < 4.78 is 5.42. The van der Waals surface area contributed by atoms with E-state index in [9.17, 15) is 0 Å². The minimum absolute atomic E-state index is 0.369. The molecule has 1 aliphatic heterocycles. The summed E-state index contributed by atoms with van der Waals surface area (Å²) in [7, 11) is 1.73. The highest BCUT2D eigenvalue weighted by molar-refractivity contribution is 5.38. The van der Waals surface area contributed by atoms with Gasteiger partial charge in [0.25, 0.3) is 0 Å². The minimum Gasteiger partial charge on any atom is -0.496 e.